The van der Waals surface area contributed by atoms with Crippen LogP contribution in [0.4, 0.5) is 10.8 Å². The van der Waals surface area contributed by atoms with E-state index in [0.717, 1.165) is 11.9 Å². The smallest absolute Gasteiger partial charge is 0.229 e. The molecule has 0 aliphatic carbocycles. The van der Waals surface area contributed by atoms with Crippen LogP contribution in [0.2, 0.25) is 0 Å². The van der Waals surface area contributed by atoms with Crippen molar-refractivity contribution in [3.05, 3.63) is 48.5 Å². The van der Waals surface area contributed by atoms with Crippen molar-refractivity contribution in [1.82, 2.24) is 9.88 Å². The molecule has 5 rings (SSSR count). The van der Waals surface area contributed by atoms with E-state index < -0.39 is 9.84 Å². The van der Waals surface area contributed by atoms with Gasteiger partial charge in [0.25, 0.3) is 0 Å². The van der Waals surface area contributed by atoms with Crippen molar-refractivity contribution in [1.29, 1.82) is 0 Å². The molecule has 1 atom stereocenters. The largest absolute Gasteiger partial charge is 0.342 e. The lowest BCUT2D eigenvalue weighted by molar-refractivity contribution is -0.138. The highest BCUT2D eigenvalue weighted by molar-refractivity contribution is 7.90. The minimum atomic E-state index is -3.33. The standard InChI is InChI=1S/C25H26N4O5S2/c1-36(33,34)19-7-8-20-21(14-19)35-25(26-20)27-23(31)16-9-11-28(12-10-16)24(32)17-13-22(30)29(15-17)18-5-3-2-4-6-18/h2-8,14,16-17H,9-13,15H2,1H3,(H,26,27,31). The van der Waals surface area contributed by atoms with Crippen LogP contribution in [0.3, 0.4) is 0 Å². The number of hydrogen-bond acceptors (Lipinski definition) is 7. The molecule has 3 aromatic rings. The zero-order valence-electron chi connectivity index (χ0n) is 19.7. The number of carbonyl (C=O) groups is 3. The Labute approximate surface area is 213 Å². The molecule has 0 saturated carbocycles. The van der Waals surface area contributed by atoms with E-state index in [1.807, 2.05) is 30.3 Å². The number of anilines is 2. The maximum absolute atomic E-state index is 13.1. The maximum atomic E-state index is 13.1. The van der Waals surface area contributed by atoms with Gasteiger partial charge in [0.15, 0.2) is 15.0 Å². The molecule has 2 aliphatic heterocycles. The topological polar surface area (TPSA) is 117 Å². The van der Waals surface area contributed by atoms with E-state index in [9.17, 15) is 22.8 Å². The number of fused-ring (bicyclic) bond motifs is 1. The summed E-state index contributed by atoms with van der Waals surface area (Å²) in [6.07, 6.45) is 2.42. The summed E-state index contributed by atoms with van der Waals surface area (Å²) >= 11 is 1.23. The normalized spacial score (nSPS) is 19.1. The Bertz CT molecular complexity index is 1430. The Kier molecular flexibility index (Phi) is 6.52. The van der Waals surface area contributed by atoms with E-state index in [-0.39, 0.29) is 40.9 Å². The summed E-state index contributed by atoms with van der Waals surface area (Å²) in [4.78, 5) is 46.5. The van der Waals surface area contributed by atoms with E-state index in [0.29, 0.717) is 47.8 Å². The molecule has 3 heterocycles. The second kappa shape index (κ2) is 9.62. The Balaban J connectivity index is 1.16. The number of nitrogens with zero attached hydrogens (tertiary/aromatic N) is 3. The van der Waals surface area contributed by atoms with E-state index in [4.69, 9.17) is 0 Å². The summed E-state index contributed by atoms with van der Waals surface area (Å²) in [7, 11) is -3.33. The van der Waals surface area contributed by atoms with Gasteiger partial charge in [0, 0.05) is 43.9 Å². The van der Waals surface area contributed by atoms with Crippen LogP contribution in [0, 0.1) is 11.8 Å². The van der Waals surface area contributed by atoms with Crippen LogP contribution in [-0.4, -0.2) is 61.9 Å². The second-order valence-corrected chi connectivity index (χ2v) is 12.3. The molecule has 1 unspecified atom stereocenters. The van der Waals surface area contributed by atoms with E-state index in [2.05, 4.69) is 10.3 Å². The minimum absolute atomic E-state index is 0.0338. The van der Waals surface area contributed by atoms with Gasteiger partial charge in [0.05, 0.1) is 21.0 Å². The molecule has 0 bridgehead atoms. The van der Waals surface area contributed by atoms with Gasteiger partial charge < -0.3 is 15.1 Å². The fraction of sp³-hybridized carbons (Fsp3) is 0.360. The van der Waals surface area contributed by atoms with Crippen molar-refractivity contribution < 1.29 is 22.8 Å². The zero-order valence-corrected chi connectivity index (χ0v) is 21.3. The van der Waals surface area contributed by atoms with Gasteiger partial charge in [-0.1, -0.05) is 29.5 Å². The number of hydrogen-bond donors (Lipinski definition) is 1. The quantitative estimate of drug-likeness (QED) is 0.546. The number of para-hydroxylation sites is 1. The molecule has 2 fully saturated rings. The third-order valence-electron chi connectivity index (χ3n) is 6.74. The average molecular weight is 527 g/mol. The van der Waals surface area contributed by atoms with Crippen molar-refractivity contribution in [2.24, 2.45) is 11.8 Å². The number of carbonyl (C=O) groups excluding carboxylic acids is 3. The molecule has 11 heteroatoms. The third-order valence-corrected chi connectivity index (χ3v) is 8.78. The number of piperidine rings is 1. The molecule has 36 heavy (non-hydrogen) atoms. The molecule has 1 aromatic heterocycles. The number of likely N-dealkylation sites (tertiary alicyclic amines) is 1. The Morgan fingerprint density at radius 2 is 1.78 bits per heavy atom. The van der Waals surface area contributed by atoms with Gasteiger partial charge in [-0.15, -0.1) is 0 Å². The van der Waals surface area contributed by atoms with E-state index in [1.165, 1.54) is 17.4 Å². The van der Waals surface area contributed by atoms with Gasteiger partial charge in [-0.3, -0.25) is 14.4 Å². The van der Waals surface area contributed by atoms with Crippen LogP contribution >= 0.6 is 11.3 Å². The fourth-order valence-corrected chi connectivity index (χ4v) is 6.38. The van der Waals surface area contributed by atoms with E-state index in [1.54, 1.807) is 21.9 Å². The van der Waals surface area contributed by atoms with Gasteiger partial charge in [-0.05, 0) is 43.2 Å². The Hall–Kier alpha value is -3.31. The van der Waals surface area contributed by atoms with Crippen LogP contribution in [0.15, 0.2) is 53.4 Å². The third kappa shape index (κ3) is 4.98. The summed E-state index contributed by atoms with van der Waals surface area (Å²) in [5, 5.41) is 3.27. The van der Waals surface area contributed by atoms with Gasteiger partial charge >= 0.3 is 0 Å². The molecular formula is C25H26N4O5S2. The summed E-state index contributed by atoms with van der Waals surface area (Å²) in [6.45, 7) is 1.30. The lowest BCUT2D eigenvalue weighted by Crippen LogP contribution is -2.44. The van der Waals surface area contributed by atoms with Crippen molar-refractivity contribution in [2.75, 3.05) is 36.1 Å². The van der Waals surface area contributed by atoms with Crippen molar-refractivity contribution in [3.63, 3.8) is 0 Å². The highest BCUT2D eigenvalue weighted by atomic mass is 32.2. The number of rotatable bonds is 5. The molecule has 0 radical (unpaired) electrons. The highest BCUT2D eigenvalue weighted by Gasteiger charge is 2.38. The lowest BCUT2D eigenvalue weighted by Gasteiger charge is -2.32. The Morgan fingerprint density at radius 1 is 1.06 bits per heavy atom. The Morgan fingerprint density at radius 3 is 2.47 bits per heavy atom. The average Bonchev–Trinajstić information content (AvgIpc) is 3.45. The molecule has 2 aliphatic rings. The number of thiazole rings is 1. The second-order valence-electron chi connectivity index (χ2n) is 9.25. The first kappa shape index (κ1) is 24.4. The molecule has 1 N–H and O–H groups in total. The maximum Gasteiger partial charge on any atom is 0.229 e. The molecule has 9 nitrogen and oxygen atoms in total. The van der Waals surface area contributed by atoms with Gasteiger partial charge in [-0.25, -0.2) is 13.4 Å². The predicted molar refractivity (Wildman–Crippen MR) is 138 cm³/mol. The molecule has 3 amide bonds. The SMILES string of the molecule is CS(=O)(=O)c1ccc2nc(NC(=O)C3CCN(C(=O)C4CC(=O)N(c5ccccc5)C4)CC3)sc2c1. The number of nitrogens with one attached hydrogen (secondary N) is 1. The molecule has 0 spiro atoms. The number of benzene rings is 2. The molecule has 2 saturated heterocycles. The summed E-state index contributed by atoms with van der Waals surface area (Å²) in [6, 6.07) is 14.1. The molecule has 188 valence electrons. The van der Waals surface area contributed by atoms with E-state index >= 15 is 0 Å². The highest BCUT2D eigenvalue weighted by Crippen LogP contribution is 2.30. The fourth-order valence-electron chi connectivity index (χ4n) is 4.75. The van der Waals surface area contributed by atoms with Crippen LogP contribution in [0.5, 0.6) is 0 Å². The van der Waals surface area contributed by atoms with Crippen molar-refractivity contribution >= 4 is 59.9 Å². The summed E-state index contributed by atoms with van der Waals surface area (Å²) in [5.74, 6) is -0.862. The van der Waals surface area contributed by atoms with Crippen LogP contribution in [0.25, 0.3) is 10.2 Å². The van der Waals surface area contributed by atoms with Crippen molar-refractivity contribution in [3.8, 4) is 0 Å². The predicted octanol–water partition coefficient (Wildman–Crippen LogP) is 2.93. The first-order chi connectivity index (χ1) is 17.2. The first-order valence-corrected chi connectivity index (χ1v) is 14.5. The van der Waals surface area contributed by atoms with Crippen LogP contribution < -0.4 is 10.2 Å². The van der Waals surface area contributed by atoms with Gasteiger partial charge in [0.2, 0.25) is 17.7 Å². The number of amides is 3. The summed E-state index contributed by atoms with van der Waals surface area (Å²) < 4.78 is 24.3. The van der Waals surface area contributed by atoms with Crippen LogP contribution in [0.1, 0.15) is 19.3 Å². The van der Waals surface area contributed by atoms with Gasteiger partial charge in [0.1, 0.15) is 0 Å². The molecule has 2 aromatic carbocycles. The van der Waals surface area contributed by atoms with Crippen molar-refractivity contribution in [2.45, 2.75) is 24.2 Å². The van der Waals surface area contributed by atoms with Crippen LogP contribution in [-0.2, 0) is 24.2 Å². The van der Waals surface area contributed by atoms with Gasteiger partial charge in [-0.2, -0.15) is 0 Å². The lowest BCUT2D eigenvalue weighted by atomic mass is 9.94. The zero-order chi connectivity index (χ0) is 25.4. The minimum Gasteiger partial charge on any atom is -0.342 e. The monoisotopic (exact) mass is 526 g/mol. The first-order valence-electron chi connectivity index (χ1n) is 11.7. The number of sulfone groups is 1. The number of aromatic nitrogens is 1. The molecular weight excluding hydrogens is 500 g/mol. The summed E-state index contributed by atoms with van der Waals surface area (Å²) in [5.41, 5.74) is 1.43.